The monoisotopic (exact) mass is 423 g/mol. The summed E-state index contributed by atoms with van der Waals surface area (Å²) in [6.45, 7) is 0. The molecule has 0 atom stereocenters. The molecule has 0 N–H and O–H groups in total. The third-order valence-electron chi connectivity index (χ3n) is 0. The minimum atomic E-state index is -3.29. The first-order valence-electron chi connectivity index (χ1n) is 1.16. The Labute approximate surface area is 89.3 Å². The van der Waals surface area contributed by atoms with Gasteiger partial charge in [-0.3, -0.25) is 0 Å². The van der Waals surface area contributed by atoms with E-state index in [1.807, 2.05) is 0 Å². The summed E-state index contributed by atoms with van der Waals surface area (Å²) in [5.74, 6) is 0. The molecule has 0 fully saturated rings. The van der Waals surface area contributed by atoms with Crippen molar-refractivity contribution in [1.29, 1.82) is 0 Å². The molecule has 0 spiro atoms. The zero-order valence-electron chi connectivity index (χ0n) is 3.50. The van der Waals surface area contributed by atoms with Crippen LogP contribution in [0.2, 0.25) is 0 Å². The molecule has 9 heavy (non-hydrogen) atoms. The Kier molecular flexibility index (Phi) is 13.2. The van der Waals surface area contributed by atoms with E-state index in [1.54, 1.807) is 0 Å². The van der Waals surface area contributed by atoms with Crippen LogP contribution in [0.15, 0.2) is 0 Å². The van der Waals surface area contributed by atoms with Crippen molar-refractivity contribution in [2.24, 2.45) is 0 Å². The van der Waals surface area contributed by atoms with Gasteiger partial charge in [0, 0.05) is 0 Å². The molecule has 0 aromatic rings. The van der Waals surface area contributed by atoms with Crippen molar-refractivity contribution in [2.45, 2.75) is 0 Å². The van der Waals surface area contributed by atoms with E-state index in [0.29, 0.717) is 0 Å². The summed E-state index contributed by atoms with van der Waals surface area (Å²) in [5.41, 5.74) is 0. The van der Waals surface area contributed by atoms with Gasteiger partial charge in [0.25, 0.3) is 0 Å². The van der Waals surface area contributed by atoms with Gasteiger partial charge in [-0.05, 0) is 0 Å². The summed E-state index contributed by atoms with van der Waals surface area (Å²) in [7, 11) is 34.8. The second kappa shape index (κ2) is 7.99. The van der Waals surface area contributed by atoms with Crippen LogP contribution in [0.3, 0.4) is 0 Å². The molecule has 9 heteroatoms. The molecule has 0 rings (SSSR count). The molecule has 0 bridgehead atoms. The number of hydrogen-bond donors (Lipinski definition) is 0. The summed E-state index contributed by atoms with van der Waals surface area (Å²) < 4.78 is 0. The van der Waals surface area contributed by atoms with Gasteiger partial charge in [-0.25, -0.2) is 0 Å². The van der Waals surface area contributed by atoms with Crippen molar-refractivity contribution in [3.8, 4) is 0 Å². The van der Waals surface area contributed by atoms with Crippen LogP contribution in [-0.2, 0) is 11.2 Å². The van der Waals surface area contributed by atoms with E-state index in [0.717, 1.165) is 0 Å². The average molecular weight is 427 g/mol. The van der Waals surface area contributed by atoms with Crippen molar-refractivity contribution in [3.05, 3.63) is 0 Å². The molecule has 0 aliphatic carbocycles. The van der Waals surface area contributed by atoms with Crippen molar-refractivity contribution in [3.63, 3.8) is 0 Å². The predicted molar refractivity (Wildman–Crippen MR) is 48.1 cm³/mol. The van der Waals surface area contributed by atoms with Gasteiger partial charge in [0.2, 0.25) is 0 Å². The molecule has 0 radical (unpaired) electrons. The predicted octanol–water partition coefficient (Wildman–Crippen LogP) is 4.18. The van der Waals surface area contributed by atoms with Gasteiger partial charge < -0.3 is 0 Å². The fourth-order valence-corrected chi connectivity index (χ4v) is 0. The van der Waals surface area contributed by atoms with Gasteiger partial charge >= 0.3 is 91.0 Å². The molecule has 0 unspecified atom stereocenters. The van der Waals surface area contributed by atoms with E-state index < -0.39 is 25.4 Å². The molecule has 0 nitrogen and oxygen atoms in total. The first kappa shape index (κ1) is 14.9. The van der Waals surface area contributed by atoms with Crippen molar-refractivity contribution in [1.82, 2.24) is 0 Å². The normalized spacial score (nSPS) is 13.4. The van der Waals surface area contributed by atoms with Crippen molar-refractivity contribution >= 4 is 79.8 Å². The SMILES string of the molecule is [Cl][Fe]([Cl])[Cl].[Cl][SbH]([Cl])([Cl])[Cl]. The summed E-state index contributed by atoms with van der Waals surface area (Å²) in [5, 5.41) is 0. The molecule has 0 aromatic carbocycles. The molecule has 0 saturated carbocycles. The third-order valence-corrected chi connectivity index (χ3v) is 0. The summed E-state index contributed by atoms with van der Waals surface area (Å²) >= 11 is -4.62. The number of hydrogen-bond acceptors (Lipinski definition) is 0. The molecule has 0 amide bonds. The van der Waals surface area contributed by atoms with E-state index in [4.69, 9.17) is 65.6 Å². The van der Waals surface area contributed by atoms with Crippen LogP contribution in [0.4, 0.5) is 0 Å². The van der Waals surface area contributed by atoms with Gasteiger partial charge in [0.15, 0.2) is 0 Å². The zero-order valence-corrected chi connectivity index (χ0v) is 12.7. The van der Waals surface area contributed by atoms with Gasteiger partial charge in [0.05, 0.1) is 0 Å². The van der Waals surface area contributed by atoms with E-state index in [9.17, 15) is 0 Å². The van der Waals surface area contributed by atoms with Gasteiger partial charge in [0.1, 0.15) is 0 Å². The van der Waals surface area contributed by atoms with Crippen LogP contribution in [0, 0.1) is 0 Å². The Morgan fingerprint density at radius 1 is 0.778 bits per heavy atom. The maximum absolute atomic E-state index is 5.04. The van der Waals surface area contributed by atoms with Crippen molar-refractivity contribution < 1.29 is 11.2 Å². The quantitative estimate of drug-likeness (QED) is 0.510. The van der Waals surface area contributed by atoms with Crippen LogP contribution >= 0.6 is 65.6 Å². The number of rotatable bonds is 0. The zero-order chi connectivity index (χ0) is 8.08. The van der Waals surface area contributed by atoms with Crippen LogP contribution in [0.25, 0.3) is 0 Å². The second-order valence-electron chi connectivity index (χ2n) is 0.580. The molecule has 0 aromatic heterocycles. The van der Waals surface area contributed by atoms with E-state index >= 15 is 0 Å². The third kappa shape index (κ3) is 88.0. The van der Waals surface area contributed by atoms with Crippen LogP contribution in [0.1, 0.15) is 0 Å². The fraction of sp³-hybridized carbons (Fsp3) is 0. The van der Waals surface area contributed by atoms with E-state index in [2.05, 4.69) is 0 Å². The van der Waals surface area contributed by atoms with Crippen LogP contribution in [-0.4, -0.2) is 14.2 Å². The summed E-state index contributed by atoms with van der Waals surface area (Å²) in [6, 6.07) is 0. The topological polar surface area (TPSA) is 0 Å². The molecule has 63 valence electrons. The molecular weight excluding hydrogens is 426 g/mol. The minimum absolute atomic E-state index is 1.33. The summed E-state index contributed by atoms with van der Waals surface area (Å²) in [4.78, 5) is 0. The second-order valence-corrected chi connectivity index (χ2v) is 31.5. The Morgan fingerprint density at radius 2 is 0.778 bits per heavy atom. The first-order chi connectivity index (χ1) is 3.73. The van der Waals surface area contributed by atoms with Crippen LogP contribution < -0.4 is 0 Å². The molecular formula is HCl7FeSb. The van der Waals surface area contributed by atoms with Crippen LogP contribution in [0.5, 0.6) is 0 Å². The fourth-order valence-electron chi connectivity index (χ4n) is 0. The van der Waals surface area contributed by atoms with Gasteiger partial charge in [-0.2, -0.15) is 0 Å². The Balaban J connectivity index is 0. The Hall–Kier alpha value is 3.37. The van der Waals surface area contributed by atoms with E-state index in [-0.39, 0.29) is 0 Å². The molecule has 0 aliphatic rings. The first-order valence-corrected chi connectivity index (χ1v) is 20.2. The van der Waals surface area contributed by atoms with Crippen molar-refractivity contribution in [2.75, 3.05) is 0 Å². The average Bonchev–Trinajstić information content (AvgIpc) is 1.19. The molecule has 0 saturated heterocycles. The van der Waals surface area contributed by atoms with E-state index in [1.165, 1.54) is 0 Å². The Morgan fingerprint density at radius 3 is 0.778 bits per heavy atom. The summed E-state index contributed by atoms with van der Waals surface area (Å²) in [6.07, 6.45) is 0. The molecule has 0 aliphatic heterocycles. The standard InChI is InChI=1S/7ClH.Fe.Sb.H/h7*1H;;;/q;;;;;;;+3;+4;/p-7. The molecule has 0 heterocycles. The Bertz CT molecular complexity index is 45.7. The number of halogens is 7. The maximum atomic E-state index is 5.04. The van der Waals surface area contributed by atoms with Gasteiger partial charge in [-0.15, -0.1) is 0 Å². The van der Waals surface area contributed by atoms with Gasteiger partial charge in [-0.1, -0.05) is 0 Å².